The minimum atomic E-state index is -1.30. The lowest BCUT2D eigenvalue weighted by Crippen LogP contribution is -2.16. The van der Waals surface area contributed by atoms with Crippen LogP contribution >= 0.6 is 15.9 Å². The van der Waals surface area contributed by atoms with Gasteiger partial charge in [0.25, 0.3) is 0 Å². The molecule has 0 saturated heterocycles. The lowest BCUT2D eigenvalue weighted by Gasteiger charge is -2.00. The van der Waals surface area contributed by atoms with Gasteiger partial charge < -0.3 is 4.98 Å². The number of aromatic amines is 1. The molecule has 0 radical (unpaired) electrons. The first-order valence-electron chi connectivity index (χ1n) is 5.27. The first-order chi connectivity index (χ1) is 8.63. The molecular formula is C12H11BrFNO3. The highest BCUT2D eigenvalue weighted by Crippen LogP contribution is 2.15. The molecule has 0 aliphatic rings. The number of fused-ring (bicyclic) bond motifs is 1. The van der Waals surface area contributed by atoms with Crippen LogP contribution in [0.1, 0.15) is 24.2 Å². The van der Waals surface area contributed by atoms with Crippen LogP contribution in [0.2, 0.25) is 0 Å². The predicted octanol–water partition coefficient (Wildman–Crippen LogP) is 3.36. The Bertz CT molecular complexity index is 624. The summed E-state index contributed by atoms with van der Waals surface area (Å²) in [6.07, 6.45) is 1.12. The summed E-state index contributed by atoms with van der Waals surface area (Å²) in [7, 11) is 0. The van der Waals surface area contributed by atoms with Crippen LogP contribution in [0.15, 0.2) is 33.7 Å². The Morgan fingerprint density at radius 3 is 2.67 bits per heavy atom. The monoisotopic (exact) mass is 315 g/mol. The summed E-state index contributed by atoms with van der Waals surface area (Å²) in [5.41, 5.74) is -0.379. The Morgan fingerprint density at radius 2 is 2.06 bits per heavy atom. The fourth-order valence-corrected chi connectivity index (χ4v) is 1.75. The summed E-state index contributed by atoms with van der Waals surface area (Å²) in [5, 5.41) is 0.297. The number of nitrogens with one attached hydrogen (secondary N) is 1. The van der Waals surface area contributed by atoms with Crippen LogP contribution in [0.5, 0.6) is 0 Å². The molecule has 0 fully saturated rings. The van der Waals surface area contributed by atoms with Crippen LogP contribution in [0.4, 0.5) is 4.53 Å². The molecule has 1 N–H and O–H groups in total. The molecule has 0 bridgehead atoms. The summed E-state index contributed by atoms with van der Waals surface area (Å²) >= 11 is 3.24. The molecule has 2 rings (SSSR count). The quantitative estimate of drug-likeness (QED) is 0.877. The number of H-pyrrole nitrogens is 1. The Hall–Kier alpha value is -1.69. The molecule has 6 heteroatoms. The smallest absolute Gasteiger partial charge is 0.360 e. The van der Waals surface area contributed by atoms with E-state index in [4.69, 9.17) is 0 Å². The summed E-state index contributed by atoms with van der Waals surface area (Å²) in [6.45, 7) is 4.00. The second-order valence-electron chi connectivity index (χ2n) is 3.09. The van der Waals surface area contributed by atoms with Gasteiger partial charge in [0.1, 0.15) is 5.56 Å². The van der Waals surface area contributed by atoms with Crippen molar-refractivity contribution in [3.63, 3.8) is 0 Å². The topological polar surface area (TPSA) is 59.2 Å². The van der Waals surface area contributed by atoms with Gasteiger partial charge in [-0.1, -0.05) is 29.8 Å². The minimum Gasteiger partial charge on any atom is -0.360 e. The largest absolute Gasteiger partial charge is 0.384 e. The van der Waals surface area contributed by atoms with Gasteiger partial charge in [-0.05, 0) is 18.2 Å². The molecule has 0 aliphatic carbocycles. The molecule has 1 heterocycles. The molecule has 0 unspecified atom stereocenters. The lowest BCUT2D eigenvalue weighted by atomic mass is 10.1. The highest BCUT2D eigenvalue weighted by atomic mass is 79.9. The zero-order valence-corrected chi connectivity index (χ0v) is 11.4. The maximum atomic E-state index is 11.7. The van der Waals surface area contributed by atoms with Gasteiger partial charge in [0.15, 0.2) is 0 Å². The molecule has 1 aromatic heterocycles. The first-order valence-corrected chi connectivity index (χ1v) is 6.06. The Morgan fingerprint density at radius 1 is 1.39 bits per heavy atom. The fraction of sp³-hybridized carbons (Fsp3) is 0.167. The summed E-state index contributed by atoms with van der Waals surface area (Å²) in [6, 6.07) is 4.87. The van der Waals surface area contributed by atoms with E-state index in [-0.39, 0.29) is 5.56 Å². The van der Waals surface area contributed by atoms with E-state index in [2.05, 4.69) is 25.9 Å². The SMILES string of the molecule is CC.O=C(OF)c1c[nH]c2cc(Br)ccc2c1=O. The van der Waals surface area contributed by atoms with E-state index in [1.165, 1.54) is 6.07 Å². The Balaban J connectivity index is 0.000000771. The molecule has 4 nitrogen and oxygen atoms in total. The zero-order chi connectivity index (χ0) is 13.7. The van der Waals surface area contributed by atoms with Gasteiger partial charge in [0.2, 0.25) is 5.43 Å². The average molecular weight is 316 g/mol. The molecule has 0 saturated carbocycles. The van der Waals surface area contributed by atoms with Crippen LogP contribution in [0, 0.1) is 0 Å². The molecule has 0 aliphatic heterocycles. The highest BCUT2D eigenvalue weighted by molar-refractivity contribution is 9.10. The molecule has 0 spiro atoms. The van der Waals surface area contributed by atoms with Crippen molar-refractivity contribution in [3.05, 3.63) is 44.7 Å². The number of aromatic nitrogens is 1. The second-order valence-corrected chi connectivity index (χ2v) is 4.00. The number of hydrogen-bond donors (Lipinski definition) is 1. The molecule has 0 atom stereocenters. The summed E-state index contributed by atoms with van der Waals surface area (Å²) < 4.78 is 12.5. The average Bonchev–Trinajstić information content (AvgIpc) is 2.40. The van der Waals surface area contributed by atoms with E-state index in [9.17, 15) is 14.1 Å². The van der Waals surface area contributed by atoms with Gasteiger partial charge >= 0.3 is 5.97 Å². The van der Waals surface area contributed by atoms with E-state index < -0.39 is 11.4 Å². The van der Waals surface area contributed by atoms with E-state index in [1.54, 1.807) is 12.1 Å². The van der Waals surface area contributed by atoms with E-state index >= 15 is 0 Å². The molecule has 18 heavy (non-hydrogen) atoms. The van der Waals surface area contributed by atoms with Gasteiger partial charge in [-0.25, -0.2) is 9.74 Å². The predicted molar refractivity (Wildman–Crippen MR) is 70.1 cm³/mol. The Labute approximate surface area is 111 Å². The Kier molecular flexibility index (Phi) is 5.03. The van der Waals surface area contributed by atoms with Crippen molar-refractivity contribution in [3.8, 4) is 0 Å². The normalized spacial score (nSPS) is 9.56. The first kappa shape index (κ1) is 14.4. The third-order valence-corrected chi connectivity index (χ3v) is 2.63. The van der Waals surface area contributed by atoms with Crippen LogP contribution in [0.3, 0.4) is 0 Å². The van der Waals surface area contributed by atoms with Crippen molar-refractivity contribution >= 4 is 32.8 Å². The van der Waals surface area contributed by atoms with Gasteiger partial charge in [-0.15, -0.1) is 0 Å². The van der Waals surface area contributed by atoms with Crippen molar-refractivity contribution in [2.75, 3.05) is 0 Å². The van der Waals surface area contributed by atoms with Crippen molar-refractivity contribution < 1.29 is 14.3 Å². The van der Waals surface area contributed by atoms with Gasteiger partial charge in [0, 0.05) is 20.6 Å². The molecular weight excluding hydrogens is 305 g/mol. The number of pyridine rings is 1. The van der Waals surface area contributed by atoms with Crippen molar-refractivity contribution in [2.24, 2.45) is 0 Å². The number of carbonyl (C=O) groups is 1. The van der Waals surface area contributed by atoms with Crippen LogP contribution < -0.4 is 5.43 Å². The van der Waals surface area contributed by atoms with Crippen molar-refractivity contribution in [1.82, 2.24) is 4.98 Å². The second kappa shape index (κ2) is 6.30. The number of halogens is 2. The van der Waals surface area contributed by atoms with Crippen molar-refractivity contribution in [1.29, 1.82) is 0 Å². The summed E-state index contributed by atoms with van der Waals surface area (Å²) in [4.78, 5) is 28.4. The van der Waals surface area contributed by atoms with E-state index in [1.807, 2.05) is 13.8 Å². The van der Waals surface area contributed by atoms with Crippen LogP contribution in [-0.2, 0) is 4.94 Å². The fourth-order valence-electron chi connectivity index (χ4n) is 1.39. The molecule has 1 aromatic carbocycles. The summed E-state index contributed by atoms with van der Waals surface area (Å²) in [5.74, 6) is -1.30. The number of carbonyl (C=O) groups excluding carboxylic acids is 1. The van der Waals surface area contributed by atoms with E-state index in [0.717, 1.165) is 10.7 Å². The molecule has 0 amide bonds. The maximum absolute atomic E-state index is 11.7. The maximum Gasteiger partial charge on any atom is 0.384 e. The zero-order valence-electron chi connectivity index (χ0n) is 9.79. The number of rotatable bonds is 1. The van der Waals surface area contributed by atoms with Gasteiger partial charge in [0.05, 0.1) is 5.52 Å². The third kappa shape index (κ3) is 2.76. The van der Waals surface area contributed by atoms with Gasteiger partial charge in [-0.2, -0.15) is 0 Å². The number of hydrogen-bond acceptors (Lipinski definition) is 3. The lowest BCUT2D eigenvalue weighted by molar-refractivity contribution is -0.0789. The van der Waals surface area contributed by atoms with Crippen molar-refractivity contribution in [2.45, 2.75) is 13.8 Å². The third-order valence-electron chi connectivity index (χ3n) is 2.13. The highest BCUT2D eigenvalue weighted by Gasteiger charge is 2.14. The van der Waals surface area contributed by atoms with Crippen LogP contribution in [-0.4, -0.2) is 11.0 Å². The van der Waals surface area contributed by atoms with Gasteiger partial charge in [-0.3, -0.25) is 4.79 Å². The molecule has 2 aromatic rings. The number of benzene rings is 1. The van der Waals surface area contributed by atoms with Crippen LogP contribution in [0.25, 0.3) is 10.9 Å². The van der Waals surface area contributed by atoms with E-state index in [0.29, 0.717) is 10.9 Å². The minimum absolute atomic E-state index is 0.297. The molecule has 96 valence electrons. The standard InChI is InChI=1S/C10H5BrFNO3.C2H6/c11-5-1-2-6-8(3-5)13-4-7(9(6)14)10(15)16-12;1-2/h1-4H,(H,13,14);1-2H3.